The highest BCUT2D eigenvalue weighted by Crippen LogP contribution is 2.28. The third-order valence-corrected chi connectivity index (χ3v) is 3.15. The Morgan fingerprint density at radius 2 is 2.12 bits per heavy atom. The van der Waals surface area contributed by atoms with Crippen molar-refractivity contribution in [2.75, 3.05) is 12.4 Å². The Morgan fingerprint density at radius 1 is 1.47 bits per heavy atom. The number of benzene rings is 1. The second-order valence-electron chi connectivity index (χ2n) is 4.26. The predicted octanol–water partition coefficient (Wildman–Crippen LogP) is 3.43. The minimum absolute atomic E-state index is 0.0418. The average Bonchev–Trinajstić information content (AvgIpc) is 2.23. The number of aryl methyl sites for hydroxylation is 2. The molecule has 0 aliphatic rings. The molecular weight excluding hydrogens is 282 g/mol. The normalized spacial score (nSPS) is 12.1. The van der Waals surface area contributed by atoms with Gasteiger partial charge < -0.3 is 10.1 Å². The summed E-state index contributed by atoms with van der Waals surface area (Å²) in [5.41, 5.74) is 3.40. The van der Waals surface area contributed by atoms with Crippen LogP contribution in [0.3, 0.4) is 0 Å². The van der Waals surface area contributed by atoms with Crippen LogP contribution >= 0.6 is 15.9 Å². The van der Waals surface area contributed by atoms with Crippen molar-refractivity contribution >= 4 is 27.6 Å². The number of anilines is 1. The van der Waals surface area contributed by atoms with Crippen molar-refractivity contribution in [2.45, 2.75) is 33.2 Å². The smallest absolute Gasteiger partial charge is 0.307 e. The molecule has 0 aliphatic heterocycles. The van der Waals surface area contributed by atoms with Gasteiger partial charge in [0.25, 0.3) is 0 Å². The van der Waals surface area contributed by atoms with Gasteiger partial charge in [0, 0.05) is 10.5 Å². The van der Waals surface area contributed by atoms with Crippen LogP contribution in [0.2, 0.25) is 0 Å². The van der Waals surface area contributed by atoms with Gasteiger partial charge in [-0.1, -0.05) is 6.07 Å². The molecule has 0 spiro atoms. The van der Waals surface area contributed by atoms with Gasteiger partial charge in [0.2, 0.25) is 0 Å². The number of halogens is 1. The first-order valence-corrected chi connectivity index (χ1v) is 6.33. The molecule has 0 fully saturated rings. The second kappa shape index (κ2) is 6.05. The first-order chi connectivity index (χ1) is 7.93. The van der Waals surface area contributed by atoms with Crippen LogP contribution in [-0.4, -0.2) is 19.1 Å². The van der Waals surface area contributed by atoms with Gasteiger partial charge in [-0.15, -0.1) is 0 Å². The Morgan fingerprint density at radius 3 is 2.65 bits per heavy atom. The SMILES string of the molecule is COC(=O)CC(C)Nc1c(C)cc(C)cc1Br. The fourth-order valence-electron chi connectivity index (χ4n) is 1.73. The van der Waals surface area contributed by atoms with Crippen molar-refractivity contribution in [3.63, 3.8) is 0 Å². The van der Waals surface area contributed by atoms with Crippen LogP contribution in [0.5, 0.6) is 0 Å². The molecule has 0 saturated carbocycles. The predicted molar refractivity (Wildman–Crippen MR) is 73.3 cm³/mol. The van der Waals surface area contributed by atoms with E-state index in [4.69, 9.17) is 0 Å². The third-order valence-electron chi connectivity index (χ3n) is 2.52. The second-order valence-corrected chi connectivity index (χ2v) is 5.12. The lowest BCUT2D eigenvalue weighted by Gasteiger charge is -2.18. The van der Waals surface area contributed by atoms with Crippen LogP contribution in [0, 0.1) is 13.8 Å². The first kappa shape index (κ1) is 14.0. The van der Waals surface area contributed by atoms with Crippen molar-refractivity contribution in [3.05, 3.63) is 27.7 Å². The monoisotopic (exact) mass is 299 g/mol. The van der Waals surface area contributed by atoms with E-state index in [0.717, 1.165) is 15.7 Å². The van der Waals surface area contributed by atoms with Gasteiger partial charge in [-0.3, -0.25) is 4.79 Å². The summed E-state index contributed by atoms with van der Waals surface area (Å²) in [6, 6.07) is 4.21. The molecule has 1 aromatic rings. The molecule has 0 heterocycles. The molecule has 4 heteroatoms. The number of carbonyl (C=O) groups excluding carboxylic acids is 1. The summed E-state index contributed by atoms with van der Waals surface area (Å²) in [7, 11) is 1.40. The summed E-state index contributed by atoms with van der Waals surface area (Å²) >= 11 is 3.53. The lowest BCUT2D eigenvalue weighted by molar-refractivity contribution is -0.140. The Bertz CT molecular complexity index is 395. The highest BCUT2D eigenvalue weighted by molar-refractivity contribution is 9.10. The zero-order valence-corrected chi connectivity index (χ0v) is 12.2. The topological polar surface area (TPSA) is 38.3 Å². The first-order valence-electron chi connectivity index (χ1n) is 5.54. The number of ether oxygens (including phenoxy) is 1. The molecule has 0 saturated heterocycles. The van der Waals surface area contributed by atoms with Gasteiger partial charge in [0.1, 0.15) is 0 Å². The molecule has 3 nitrogen and oxygen atoms in total. The van der Waals surface area contributed by atoms with Crippen LogP contribution in [-0.2, 0) is 9.53 Å². The maximum absolute atomic E-state index is 11.2. The van der Waals surface area contributed by atoms with E-state index in [1.807, 2.05) is 13.8 Å². The van der Waals surface area contributed by atoms with E-state index >= 15 is 0 Å². The van der Waals surface area contributed by atoms with Crippen LogP contribution in [0.25, 0.3) is 0 Å². The minimum atomic E-state index is -0.203. The summed E-state index contributed by atoms with van der Waals surface area (Å²) in [6.07, 6.45) is 0.357. The van der Waals surface area contributed by atoms with E-state index < -0.39 is 0 Å². The fraction of sp³-hybridized carbons (Fsp3) is 0.462. The van der Waals surface area contributed by atoms with Crippen molar-refractivity contribution in [2.24, 2.45) is 0 Å². The van der Waals surface area contributed by atoms with Crippen LogP contribution in [0.4, 0.5) is 5.69 Å². The van der Waals surface area contributed by atoms with Crippen LogP contribution < -0.4 is 5.32 Å². The number of methoxy groups -OCH3 is 1. The van der Waals surface area contributed by atoms with Gasteiger partial charge >= 0.3 is 5.97 Å². The number of hydrogen-bond donors (Lipinski definition) is 1. The van der Waals surface area contributed by atoms with E-state index in [2.05, 4.69) is 45.0 Å². The fourth-order valence-corrected chi connectivity index (χ4v) is 2.52. The largest absolute Gasteiger partial charge is 0.469 e. The number of carbonyl (C=O) groups is 1. The van der Waals surface area contributed by atoms with Gasteiger partial charge in [-0.25, -0.2) is 0 Å². The summed E-state index contributed by atoms with van der Waals surface area (Å²) in [6.45, 7) is 6.06. The van der Waals surface area contributed by atoms with Crippen LogP contribution in [0.15, 0.2) is 16.6 Å². The lowest BCUT2D eigenvalue weighted by atomic mass is 10.1. The zero-order chi connectivity index (χ0) is 13.0. The molecule has 1 aromatic carbocycles. The van der Waals surface area contributed by atoms with E-state index in [1.54, 1.807) is 0 Å². The Kier molecular flexibility index (Phi) is 5.00. The lowest BCUT2D eigenvalue weighted by Crippen LogP contribution is -2.21. The quantitative estimate of drug-likeness (QED) is 0.866. The van der Waals surface area contributed by atoms with E-state index in [-0.39, 0.29) is 12.0 Å². The van der Waals surface area contributed by atoms with Crippen LogP contribution in [0.1, 0.15) is 24.5 Å². The Labute approximate surface area is 111 Å². The number of nitrogens with one attached hydrogen (secondary N) is 1. The molecule has 0 radical (unpaired) electrons. The van der Waals surface area contributed by atoms with Gasteiger partial charge in [-0.05, 0) is 53.9 Å². The molecule has 1 rings (SSSR count). The number of esters is 1. The molecule has 0 aliphatic carbocycles. The van der Waals surface area contributed by atoms with Gasteiger partial charge in [0.15, 0.2) is 0 Å². The zero-order valence-electron chi connectivity index (χ0n) is 10.6. The van der Waals surface area contributed by atoms with Gasteiger partial charge in [-0.2, -0.15) is 0 Å². The maximum Gasteiger partial charge on any atom is 0.307 e. The van der Waals surface area contributed by atoms with Gasteiger partial charge in [0.05, 0.1) is 19.2 Å². The summed E-state index contributed by atoms with van der Waals surface area (Å²) in [5.74, 6) is -0.203. The van der Waals surface area contributed by atoms with Crippen molar-refractivity contribution in [1.29, 1.82) is 0 Å². The molecule has 94 valence electrons. The molecule has 1 atom stereocenters. The highest BCUT2D eigenvalue weighted by atomic mass is 79.9. The van der Waals surface area contributed by atoms with Crippen molar-refractivity contribution in [3.8, 4) is 0 Å². The molecule has 0 bridgehead atoms. The summed E-state index contributed by atoms with van der Waals surface area (Å²) < 4.78 is 5.67. The third kappa shape index (κ3) is 4.04. The molecule has 1 N–H and O–H groups in total. The molecular formula is C13H18BrNO2. The van der Waals surface area contributed by atoms with E-state index in [9.17, 15) is 4.79 Å². The maximum atomic E-state index is 11.2. The average molecular weight is 300 g/mol. The molecule has 1 unspecified atom stereocenters. The van der Waals surface area contributed by atoms with Crippen molar-refractivity contribution < 1.29 is 9.53 Å². The summed E-state index contributed by atoms with van der Waals surface area (Å²) in [5, 5.41) is 3.32. The summed E-state index contributed by atoms with van der Waals surface area (Å²) in [4.78, 5) is 11.2. The van der Waals surface area contributed by atoms with Crippen molar-refractivity contribution in [1.82, 2.24) is 0 Å². The Balaban J connectivity index is 2.78. The number of hydrogen-bond acceptors (Lipinski definition) is 3. The van der Waals surface area contributed by atoms with E-state index in [1.165, 1.54) is 12.7 Å². The Hall–Kier alpha value is -1.03. The minimum Gasteiger partial charge on any atom is -0.469 e. The van der Waals surface area contributed by atoms with E-state index in [0.29, 0.717) is 6.42 Å². The molecule has 0 amide bonds. The molecule has 0 aromatic heterocycles. The molecule has 17 heavy (non-hydrogen) atoms. The number of rotatable bonds is 4. The standard InChI is InChI=1S/C13H18BrNO2/c1-8-5-9(2)13(11(14)6-8)15-10(3)7-12(16)17-4/h5-6,10,15H,7H2,1-4H3. The highest BCUT2D eigenvalue weighted by Gasteiger charge is 2.12.